The van der Waals surface area contributed by atoms with Gasteiger partial charge in [0.1, 0.15) is 0 Å². The SMILES string of the molecule is CCC[N+]1(COC(C)C)CCCC1.FC(F)F. The molecule has 0 N–H and O–H groups in total. The van der Waals surface area contributed by atoms with Gasteiger partial charge in [-0.25, -0.2) is 0 Å². The molecule has 1 aliphatic heterocycles. The summed E-state index contributed by atoms with van der Waals surface area (Å²) in [6, 6.07) is 0. The lowest BCUT2D eigenvalue weighted by Crippen LogP contribution is -2.48. The lowest BCUT2D eigenvalue weighted by atomic mass is 10.3. The van der Waals surface area contributed by atoms with Crippen molar-refractivity contribution in [2.45, 2.75) is 52.8 Å². The van der Waals surface area contributed by atoms with E-state index in [9.17, 15) is 13.2 Å². The van der Waals surface area contributed by atoms with Crippen LogP contribution in [0.4, 0.5) is 13.2 Å². The summed E-state index contributed by atoms with van der Waals surface area (Å²) in [5.74, 6) is 0. The minimum absolute atomic E-state index is 0.382. The molecule has 0 atom stereocenters. The van der Waals surface area contributed by atoms with Crippen LogP contribution in [0.2, 0.25) is 0 Å². The van der Waals surface area contributed by atoms with Gasteiger partial charge in [0, 0.05) is 12.8 Å². The average molecular weight is 256 g/mol. The Morgan fingerprint density at radius 3 is 1.94 bits per heavy atom. The number of ether oxygens (including phenoxy) is 1. The summed E-state index contributed by atoms with van der Waals surface area (Å²) in [6.45, 7) is 7.75. The van der Waals surface area contributed by atoms with Crippen LogP contribution < -0.4 is 0 Å². The third-order valence-electron chi connectivity index (χ3n) is 2.89. The van der Waals surface area contributed by atoms with E-state index in [1.54, 1.807) is 0 Å². The number of rotatable bonds is 5. The number of hydrogen-bond acceptors (Lipinski definition) is 1. The molecule has 0 aliphatic carbocycles. The number of nitrogens with zero attached hydrogens (tertiary/aromatic N) is 1. The number of likely N-dealkylation sites (tertiary alicyclic amines) is 1. The topological polar surface area (TPSA) is 9.23 Å². The molecule has 17 heavy (non-hydrogen) atoms. The van der Waals surface area contributed by atoms with E-state index >= 15 is 0 Å². The Labute approximate surface area is 102 Å². The van der Waals surface area contributed by atoms with Crippen molar-refractivity contribution in [3.63, 3.8) is 0 Å². The first-order valence-corrected chi connectivity index (χ1v) is 6.31. The first-order valence-electron chi connectivity index (χ1n) is 6.31. The van der Waals surface area contributed by atoms with Gasteiger partial charge in [-0.1, -0.05) is 6.92 Å². The molecule has 0 aromatic rings. The summed E-state index contributed by atoms with van der Waals surface area (Å²) in [6.07, 6.45) is 4.44. The molecule has 2 nitrogen and oxygen atoms in total. The molecular formula is C12H25F3NO+. The Hall–Kier alpha value is -0.290. The maximum atomic E-state index is 9.67. The zero-order valence-electron chi connectivity index (χ0n) is 11.1. The predicted molar refractivity (Wildman–Crippen MR) is 62.6 cm³/mol. The Kier molecular flexibility index (Phi) is 8.60. The van der Waals surface area contributed by atoms with Gasteiger partial charge in [0.05, 0.1) is 25.7 Å². The predicted octanol–water partition coefficient (Wildman–Crippen LogP) is 3.57. The molecule has 104 valence electrons. The third-order valence-corrected chi connectivity index (χ3v) is 2.89. The smallest absolute Gasteiger partial charge is 0.329 e. The van der Waals surface area contributed by atoms with Crippen LogP contribution >= 0.6 is 0 Å². The summed E-state index contributed by atoms with van der Waals surface area (Å²) in [7, 11) is 0. The Bertz CT molecular complexity index is 180. The molecule has 5 heteroatoms. The monoisotopic (exact) mass is 256 g/mol. The number of alkyl halides is 3. The second-order valence-corrected chi connectivity index (χ2v) is 4.81. The van der Waals surface area contributed by atoms with E-state index in [1.807, 2.05) is 0 Å². The maximum absolute atomic E-state index is 9.67. The molecule has 0 aromatic carbocycles. The van der Waals surface area contributed by atoms with Crippen molar-refractivity contribution in [3.8, 4) is 0 Å². The number of quaternary nitrogens is 1. The minimum atomic E-state index is -3.67. The van der Waals surface area contributed by atoms with Crippen LogP contribution in [0, 0.1) is 0 Å². The van der Waals surface area contributed by atoms with Gasteiger partial charge in [0.25, 0.3) is 0 Å². The van der Waals surface area contributed by atoms with Crippen molar-refractivity contribution in [1.29, 1.82) is 0 Å². The molecule has 0 saturated carbocycles. The highest BCUT2D eigenvalue weighted by Gasteiger charge is 2.31. The van der Waals surface area contributed by atoms with E-state index in [0.717, 1.165) is 6.73 Å². The van der Waals surface area contributed by atoms with Gasteiger partial charge < -0.3 is 9.22 Å². The van der Waals surface area contributed by atoms with E-state index in [-0.39, 0.29) is 0 Å². The van der Waals surface area contributed by atoms with Crippen LogP contribution in [0.5, 0.6) is 0 Å². The van der Waals surface area contributed by atoms with Gasteiger partial charge in [0.2, 0.25) is 0 Å². The first kappa shape index (κ1) is 16.7. The number of halogens is 3. The van der Waals surface area contributed by atoms with Gasteiger partial charge in [-0.3, -0.25) is 0 Å². The number of hydrogen-bond donors (Lipinski definition) is 0. The molecular weight excluding hydrogens is 231 g/mol. The summed E-state index contributed by atoms with van der Waals surface area (Å²) < 4.78 is 36.0. The van der Waals surface area contributed by atoms with E-state index in [0.29, 0.717) is 6.10 Å². The highest BCUT2D eigenvalue weighted by Crippen LogP contribution is 2.20. The first-order chi connectivity index (χ1) is 7.92. The lowest BCUT2D eigenvalue weighted by molar-refractivity contribution is -0.935. The van der Waals surface area contributed by atoms with Crippen molar-refractivity contribution in [2.24, 2.45) is 0 Å². The molecule has 1 fully saturated rings. The van der Waals surface area contributed by atoms with Crippen molar-refractivity contribution < 1.29 is 22.4 Å². The van der Waals surface area contributed by atoms with E-state index in [1.165, 1.54) is 43.4 Å². The fourth-order valence-electron chi connectivity index (χ4n) is 2.21. The van der Waals surface area contributed by atoms with Crippen LogP contribution in [0.3, 0.4) is 0 Å². The molecule has 0 radical (unpaired) electrons. The van der Waals surface area contributed by atoms with Gasteiger partial charge >= 0.3 is 6.68 Å². The fraction of sp³-hybridized carbons (Fsp3) is 1.00. The van der Waals surface area contributed by atoms with Crippen LogP contribution in [-0.4, -0.2) is 43.6 Å². The minimum Gasteiger partial charge on any atom is -0.329 e. The van der Waals surface area contributed by atoms with Crippen LogP contribution in [0.15, 0.2) is 0 Å². The molecule has 0 unspecified atom stereocenters. The average Bonchev–Trinajstić information content (AvgIpc) is 2.64. The normalized spacial score (nSPS) is 18.4. The van der Waals surface area contributed by atoms with Crippen molar-refractivity contribution in [3.05, 3.63) is 0 Å². The summed E-state index contributed by atoms with van der Waals surface area (Å²) in [5, 5.41) is 0. The molecule has 1 rings (SSSR count). The zero-order valence-corrected chi connectivity index (χ0v) is 11.1. The second-order valence-electron chi connectivity index (χ2n) is 4.81. The van der Waals surface area contributed by atoms with E-state index in [4.69, 9.17) is 4.74 Å². The molecule has 0 bridgehead atoms. The van der Waals surface area contributed by atoms with Crippen LogP contribution in [0.1, 0.15) is 40.0 Å². The van der Waals surface area contributed by atoms with Gasteiger partial charge in [-0.05, 0) is 20.3 Å². The summed E-state index contributed by atoms with van der Waals surface area (Å²) in [5.41, 5.74) is 0. The maximum Gasteiger partial charge on any atom is 0.379 e. The van der Waals surface area contributed by atoms with Crippen LogP contribution in [-0.2, 0) is 4.74 Å². The molecule has 0 spiro atoms. The molecule has 0 amide bonds. The van der Waals surface area contributed by atoms with Gasteiger partial charge in [0.15, 0.2) is 6.73 Å². The summed E-state index contributed by atoms with van der Waals surface area (Å²) in [4.78, 5) is 0. The molecule has 1 heterocycles. The zero-order chi connectivity index (χ0) is 13.3. The van der Waals surface area contributed by atoms with Gasteiger partial charge in [-0.15, -0.1) is 0 Å². The van der Waals surface area contributed by atoms with Crippen LogP contribution in [0.25, 0.3) is 0 Å². The molecule has 0 aromatic heterocycles. The Morgan fingerprint density at radius 2 is 1.59 bits per heavy atom. The Balaban J connectivity index is 0.000000557. The standard InChI is InChI=1S/C11H24NO.CHF3/c1-4-7-12(8-5-6-9-12)10-13-11(2)3;2-1(3)4/h11H,4-10H2,1-3H3;1H/q+1;. The van der Waals surface area contributed by atoms with Crippen molar-refractivity contribution in [1.82, 2.24) is 0 Å². The molecule has 1 aliphatic rings. The fourth-order valence-corrected chi connectivity index (χ4v) is 2.21. The highest BCUT2D eigenvalue weighted by molar-refractivity contribution is 4.52. The summed E-state index contributed by atoms with van der Waals surface area (Å²) >= 11 is 0. The van der Waals surface area contributed by atoms with E-state index in [2.05, 4.69) is 20.8 Å². The third kappa shape index (κ3) is 8.44. The quantitative estimate of drug-likeness (QED) is 0.683. The lowest BCUT2D eigenvalue weighted by Gasteiger charge is -2.34. The van der Waals surface area contributed by atoms with Crippen molar-refractivity contribution >= 4 is 0 Å². The van der Waals surface area contributed by atoms with Crippen molar-refractivity contribution in [2.75, 3.05) is 26.4 Å². The highest BCUT2D eigenvalue weighted by atomic mass is 19.4. The van der Waals surface area contributed by atoms with E-state index < -0.39 is 6.68 Å². The van der Waals surface area contributed by atoms with Gasteiger partial charge in [-0.2, -0.15) is 13.2 Å². The second kappa shape index (κ2) is 8.75. The Morgan fingerprint density at radius 1 is 1.12 bits per heavy atom. The molecule has 1 saturated heterocycles. The largest absolute Gasteiger partial charge is 0.379 e.